The van der Waals surface area contributed by atoms with Crippen molar-refractivity contribution in [2.75, 3.05) is 44.7 Å². The Hall–Kier alpha value is -3.43. The molecule has 42 heavy (non-hydrogen) atoms. The van der Waals surface area contributed by atoms with Crippen LogP contribution >= 0.6 is 0 Å². The van der Waals surface area contributed by atoms with Gasteiger partial charge >= 0.3 is 18.4 Å². The van der Waals surface area contributed by atoms with E-state index in [0.717, 1.165) is 18.2 Å². The maximum Gasteiger partial charge on any atom is 0.430 e. The molecule has 2 aromatic rings. The Kier molecular flexibility index (Phi) is 9.33. The van der Waals surface area contributed by atoms with Gasteiger partial charge in [-0.15, -0.1) is 0 Å². The quantitative estimate of drug-likeness (QED) is 0.424. The van der Waals surface area contributed by atoms with Crippen LogP contribution in [-0.2, 0) is 16.9 Å². The molecule has 3 N–H and O–H groups in total. The van der Waals surface area contributed by atoms with Gasteiger partial charge in [-0.25, -0.2) is 9.18 Å². The van der Waals surface area contributed by atoms with E-state index in [1.165, 1.54) is 17.0 Å². The molecular formula is C27H29F7N4O4. The van der Waals surface area contributed by atoms with Gasteiger partial charge in [0, 0.05) is 63.1 Å². The van der Waals surface area contributed by atoms with E-state index < -0.39 is 41.3 Å². The van der Waals surface area contributed by atoms with Gasteiger partial charge in [-0.05, 0) is 36.6 Å². The van der Waals surface area contributed by atoms with Crippen LogP contribution in [0.25, 0.3) is 0 Å². The molecule has 0 aromatic heterocycles. The van der Waals surface area contributed by atoms with Crippen LogP contribution in [-0.4, -0.2) is 84.6 Å². The zero-order valence-electron chi connectivity index (χ0n) is 22.2. The highest BCUT2D eigenvalue weighted by molar-refractivity contribution is 5.95. The number of hydrogen-bond acceptors (Lipinski definition) is 5. The lowest BCUT2D eigenvalue weighted by Crippen LogP contribution is -2.53. The minimum Gasteiger partial charge on any atom is -0.381 e. The molecule has 2 heterocycles. The predicted molar refractivity (Wildman–Crippen MR) is 136 cm³/mol. The first kappa shape index (κ1) is 31.5. The second-order valence-electron chi connectivity index (χ2n) is 10.2. The van der Waals surface area contributed by atoms with Crippen LogP contribution in [0.2, 0.25) is 0 Å². The van der Waals surface area contributed by atoms with Gasteiger partial charge in [0.1, 0.15) is 5.82 Å². The molecule has 0 radical (unpaired) electrons. The number of nitrogens with zero attached hydrogens (tertiary/aromatic N) is 2. The van der Waals surface area contributed by atoms with E-state index in [1.54, 1.807) is 0 Å². The average molecular weight is 607 g/mol. The maximum atomic E-state index is 14.7. The lowest BCUT2D eigenvalue weighted by Gasteiger charge is -2.35. The molecule has 4 rings (SSSR count). The van der Waals surface area contributed by atoms with Gasteiger partial charge in [-0.3, -0.25) is 9.69 Å². The first-order valence-electron chi connectivity index (χ1n) is 13.1. The second kappa shape index (κ2) is 12.4. The number of anilines is 1. The Balaban J connectivity index is 1.30. The number of hydrogen-bond donors (Lipinski definition) is 3. The molecule has 2 saturated heterocycles. The zero-order valence-corrected chi connectivity index (χ0v) is 22.2. The van der Waals surface area contributed by atoms with Gasteiger partial charge < -0.3 is 25.4 Å². The Labute approximate surface area is 236 Å². The highest BCUT2D eigenvalue weighted by Gasteiger charge is 2.71. The van der Waals surface area contributed by atoms with Crippen LogP contribution in [0.5, 0.6) is 0 Å². The number of carbonyl (C=O) groups is 2. The van der Waals surface area contributed by atoms with E-state index in [4.69, 9.17) is 4.74 Å². The molecule has 2 fully saturated rings. The van der Waals surface area contributed by atoms with Crippen molar-refractivity contribution in [2.45, 2.75) is 43.4 Å². The van der Waals surface area contributed by atoms with Crippen LogP contribution in [0.1, 0.15) is 34.3 Å². The summed E-state index contributed by atoms with van der Waals surface area (Å²) in [5.41, 5.74) is -5.92. The highest BCUT2D eigenvalue weighted by Crippen LogP contribution is 2.50. The SMILES string of the molecule is O=C(Nc1ccc(C(=O)N2CCN(Cc3ccc(C(O)(C(F)(F)F)C(F)(F)F)cc3)CC2)cc1F)NC1CCOCC1. The van der Waals surface area contributed by atoms with Crippen LogP contribution in [0.15, 0.2) is 42.5 Å². The van der Waals surface area contributed by atoms with E-state index in [0.29, 0.717) is 56.8 Å². The van der Waals surface area contributed by atoms with E-state index in [2.05, 4.69) is 10.6 Å². The van der Waals surface area contributed by atoms with E-state index >= 15 is 0 Å². The fourth-order valence-corrected chi connectivity index (χ4v) is 4.82. The molecule has 2 aromatic carbocycles. The minimum absolute atomic E-state index is 0.0775. The molecule has 8 nitrogen and oxygen atoms in total. The number of amides is 3. The van der Waals surface area contributed by atoms with Gasteiger partial charge in [-0.2, -0.15) is 26.3 Å². The summed E-state index contributed by atoms with van der Waals surface area (Å²) in [4.78, 5) is 28.5. The monoisotopic (exact) mass is 606 g/mol. The van der Waals surface area contributed by atoms with Gasteiger partial charge in [0.15, 0.2) is 0 Å². The van der Waals surface area contributed by atoms with Crippen molar-refractivity contribution in [2.24, 2.45) is 0 Å². The number of urea groups is 1. The Morgan fingerprint density at radius 3 is 2.05 bits per heavy atom. The summed E-state index contributed by atoms with van der Waals surface area (Å²) in [5.74, 6) is -1.22. The number of rotatable bonds is 6. The lowest BCUT2D eigenvalue weighted by atomic mass is 9.91. The van der Waals surface area contributed by atoms with E-state index in [9.17, 15) is 45.4 Å². The highest BCUT2D eigenvalue weighted by atomic mass is 19.4. The summed E-state index contributed by atoms with van der Waals surface area (Å²) in [5, 5.41) is 14.7. The standard InChI is InChI=1S/C27H29F7N4O4/c28-21-15-18(3-6-22(21)36-24(40)35-20-7-13-42-14-8-20)23(39)38-11-9-37(10-12-38)16-17-1-4-19(5-2-17)25(41,26(29,30)31)27(32,33)34/h1-6,15,20,41H,7-14,16H2,(H2,35,36,40). The molecule has 0 atom stereocenters. The van der Waals surface area contributed by atoms with Crippen LogP contribution in [0.3, 0.4) is 0 Å². The number of aliphatic hydroxyl groups is 1. The predicted octanol–water partition coefficient (Wildman–Crippen LogP) is 4.40. The number of piperazine rings is 1. The number of nitrogens with one attached hydrogen (secondary N) is 2. The smallest absolute Gasteiger partial charge is 0.381 e. The van der Waals surface area contributed by atoms with Crippen molar-refractivity contribution in [1.82, 2.24) is 15.1 Å². The number of benzene rings is 2. The summed E-state index contributed by atoms with van der Waals surface area (Å²) < 4.78 is 98.5. The van der Waals surface area contributed by atoms with Crippen molar-refractivity contribution in [3.8, 4) is 0 Å². The van der Waals surface area contributed by atoms with Crippen molar-refractivity contribution >= 4 is 17.6 Å². The normalized spacial score (nSPS) is 17.7. The molecule has 0 spiro atoms. The fraction of sp³-hybridized carbons (Fsp3) is 0.481. The average Bonchev–Trinajstić information content (AvgIpc) is 2.93. The van der Waals surface area contributed by atoms with Gasteiger partial charge in [-0.1, -0.05) is 24.3 Å². The third-order valence-corrected chi connectivity index (χ3v) is 7.28. The minimum atomic E-state index is -5.96. The summed E-state index contributed by atoms with van der Waals surface area (Å²) >= 11 is 0. The summed E-state index contributed by atoms with van der Waals surface area (Å²) in [6.45, 7) is 2.42. The van der Waals surface area contributed by atoms with Crippen molar-refractivity contribution in [1.29, 1.82) is 0 Å². The number of halogens is 7. The summed E-state index contributed by atoms with van der Waals surface area (Å²) in [6, 6.07) is 6.43. The maximum absolute atomic E-state index is 14.7. The first-order valence-corrected chi connectivity index (χ1v) is 13.1. The van der Waals surface area contributed by atoms with Gasteiger partial charge in [0.2, 0.25) is 0 Å². The molecule has 0 unspecified atom stereocenters. The number of carbonyl (C=O) groups excluding carboxylic acids is 2. The molecule has 0 bridgehead atoms. The second-order valence-corrected chi connectivity index (χ2v) is 10.2. The Morgan fingerprint density at radius 2 is 1.50 bits per heavy atom. The van der Waals surface area contributed by atoms with Gasteiger partial charge in [0.25, 0.3) is 11.5 Å². The topological polar surface area (TPSA) is 94.1 Å². The van der Waals surface area contributed by atoms with Crippen molar-refractivity contribution in [3.05, 3.63) is 65.0 Å². The number of ether oxygens (including phenoxy) is 1. The molecule has 3 amide bonds. The lowest BCUT2D eigenvalue weighted by molar-refractivity contribution is -0.376. The number of alkyl halides is 6. The van der Waals surface area contributed by atoms with Crippen LogP contribution < -0.4 is 10.6 Å². The van der Waals surface area contributed by atoms with Crippen LogP contribution in [0.4, 0.5) is 41.2 Å². The van der Waals surface area contributed by atoms with E-state index in [-0.39, 0.29) is 36.9 Å². The molecule has 230 valence electrons. The Bertz CT molecular complexity index is 1240. The molecule has 2 aliphatic rings. The molecule has 2 aliphatic heterocycles. The third-order valence-electron chi connectivity index (χ3n) is 7.28. The van der Waals surface area contributed by atoms with Crippen LogP contribution in [0, 0.1) is 5.82 Å². The molecular weight excluding hydrogens is 577 g/mol. The van der Waals surface area contributed by atoms with Crippen molar-refractivity contribution < 1.29 is 50.2 Å². The van der Waals surface area contributed by atoms with E-state index in [1.807, 2.05) is 4.90 Å². The zero-order chi connectivity index (χ0) is 30.7. The molecule has 0 saturated carbocycles. The van der Waals surface area contributed by atoms with Crippen molar-refractivity contribution in [3.63, 3.8) is 0 Å². The fourth-order valence-electron chi connectivity index (χ4n) is 4.82. The third kappa shape index (κ3) is 6.95. The Morgan fingerprint density at radius 1 is 0.905 bits per heavy atom. The largest absolute Gasteiger partial charge is 0.430 e. The summed E-state index contributed by atoms with van der Waals surface area (Å²) in [7, 11) is 0. The first-order chi connectivity index (χ1) is 19.7. The summed E-state index contributed by atoms with van der Waals surface area (Å²) in [6.07, 6.45) is -10.6. The van der Waals surface area contributed by atoms with Gasteiger partial charge in [0.05, 0.1) is 5.69 Å². The molecule has 0 aliphatic carbocycles. The molecule has 15 heteroatoms.